The molecule has 0 heterocycles. The molecule has 0 amide bonds. The molecule has 0 radical (unpaired) electrons. The van der Waals surface area contributed by atoms with Crippen molar-refractivity contribution in [2.45, 2.75) is 142 Å². The highest BCUT2D eigenvalue weighted by Gasteiger charge is 2.20. The Bertz CT molecular complexity index is 925. The van der Waals surface area contributed by atoms with Gasteiger partial charge in [-0.1, -0.05) is 116 Å². The highest BCUT2D eigenvalue weighted by atomic mass is 16.5. The van der Waals surface area contributed by atoms with E-state index in [1.54, 1.807) is 12.1 Å². The van der Waals surface area contributed by atoms with Crippen molar-refractivity contribution in [2.75, 3.05) is 0 Å². The minimum absolute atomic E-state index is 0.178. The number of benzene rings is 2. The Morgan fingerprint density at radius 2 is 1.25 bits per heavy atom. The predicted molar refractivity (Wildman–Crippen MR) is 168 cm³/mol. The molecule has 1 atom stereocenters. The minimum Gasteiger partial charge on any atom is -0.491 e. The maximum absolute atomic E-state index is 12.7. The van der Waals surface area contributed by atoms with Gasteiger partial charge in [-0.05, 0) is 86.4 Å². The van der Waals surface area contributed by atoms with E-state index >= 15 is 0 Å². The SMILES string of the molecule is CCCCCCCCCC(C)Oc1ccc(C(=O)Oc2ccc(CCC3CCC(CCCCC)CC3)cc2)cc1. The summed E-state index contributed by atoms with van der Waals surface area (Å²) in [6.07, 6.45) is 24.0. The molecule has 1 aliphatic carbocycles. The number of rotatable bonds is 19. The molecule has 0 bridgehead atoms. The first kappa shape index (κ1) is 32.2. The van der Waals surface area contributed by atoms with E-state index < -0.39 is 0 Å². The third-order valence-corrected chi connectivity index (χ3v) is 8.80. The van der Waals surface area contributed by atoms with E-state index in [0.29, 0.717) is 11.3 Å². The molecule has 222 valence electrons. The fourth-order valence-electron chi connectivity index (χ4n) is 6.10. The number of carbonyl (C=O) groups excluding carboxylic acids is 1. The highest BCUT2D eigenvalue weighted by Crippen LogP contribution is 2.34. The molecule has 3 rings (SSSR count). The molecular formula is C37H56O3. The van der Waals surface area contributed by atoms with Crippen molar-refractivity contribution >= 4 is 5.97 Å². The molecule has 0 aliphatic heterocycles. The lowest BCUT2D eigenvalue weighted by atomic mass is 9.78. The quantitative estimate of drug-likeness (QED) is 0.0994. The van der Waals surface area contributed by atoms with Crippen LogP contribution in [0, 0.1) is 11.8 Å². The van der Waals surface area contributed by atoms with E-state index in [4.69, 9.17) is 9.47 Å². The molecule has 0 N–H and O–H groups in total. The fraction of sp³-hybridized carbons (Fsp3) is 0.649. The first-order chi connectivity index (χ1) is 19.6. The van der Waals surface area contributed by atoms with Crippen molar-refractivity contribution in [3.8, 4) is 11.5 Å². The van der Waals surface area contributed by atoms with Crippen LogP contribution < -0.4 is 9.47 Å². The van der Waals surface area contributed by atoms with E-state index in [-0.39, 0.29) is 12.1 Å². The smallest absolute Gasteiger partial charge is 0.343 e. The summed E-state index contributed by atoms with van der Waals surface area (Å²) >= 11 is 0. The molecule has 1 saturated carbocycles. The van der Waals surface area contributed by atoms with Gasteiger partial charge in [-0.25, -0.2) is 4.79 Å². The number of hydrogen-bond acceptors (Lipinski definition) is 3. The summed E-state index contributed by atoms with van der Waals surface area (Å²) in [4.78, 5) is 12.7. The van der Waals surface area contributed by atoms with Gasteiger partial charge in [0.05, 0.1) is 11.7 Å². The Morgan fingerprint density at radius 3 is 1.90 bits per heavy atom. The van der Waals surface area contributed by atoms with E-state index in [1.807, 2.05) is 24.3 Å². The lowest BCUT2D eigenvalue weighted by molar-refractivity contribution is 0.0734. The molecule has 3 nitrogen and oxygen atoms in total. The number of carbonyl (C=O) groups is 1. The number of unbranched alkanes of at least 4 members (excludes halogenated alkanes) is 8. The third-order valence-electron chi connectivity index (χ3n) is 8.80. The molecule has 2 aromatic rings. The Kier molecular flexibility index (Phi) is 15.3. The molecule has 1 unspecified atom stereocenters. The summed E-state index contributed by atoms with van der Waals surface area (Å²) < 4.78 is 11.7. The second kappa shape index (κ2) is 18.9. The van der Waals surface area contributed by atoms with Crippen LogP contribution in [0.5, 0.6) is 11.5 Å². The van der Waals surface area contributed by atoms with Crippen LogP contribution in [0.4, 0.5) is 0 Å². The maximum Gasteiger partial charge on any atom is 0.343 e. The van der Waals surface area contributed by atoms with Crippen LogP contribution in [0.3, 0.4) is 0 Å². The predicted octanol–water partition coefficient (Wildman–Crippen LogP) is 11.1. The average molecular weight is 549 g/mol. The molecule has 0 spiro atoms. The van der Waals surface area contributed by atoms with Gasteiger partial charge in [0.25, 0.3) is 0 Å². The Morgan fingerprint density at radius 1 is 0.700 bits per heavy atom. The molecule has 0 saturated heterocycles. The molecule has 40 heavy (non-hydrogen) atoms. The van der Waals surface area contributed by atoms with Gasteiger partial charge in [-0.15, -0.1) is 0 Å². The van der Waals surface area contributed by atoms with Gasteiger partial charge in [0.2, 0.25) is 0 Å². The average Bonchev–Trinajstić information content (AvgIpc) is 2.97. The number of aryl methyl sites for hydroxylation is 1. The van der Waals surface area contributed by atoms with Crippen molar-refractivity contribution in [3.63, 3.8) is 0 Å². The van der Waals surface area contributed by atoms with E-state index in [1.165, 1.54) is 108 Å². The number of esters is 1. The zero-order valence-corrected chi connectivity index (χ0v) is 25.8. The summed E-state index contributed by atoms with van der Waals surface area (Å²) in [5, 5.41) is 0. The van der Waals surface area contributed by atoms with Crippen molar-refractivity contribution in [3.05, 3.63) is 59.7 Å². The van der Waals surface area contributed by atoms with Crippen LogP contribution in [0.25, 0.3) is 0 Å². The summed E-state index contributed by atoms with van der Waals surface area (Å²) in [6, 6.07) is 15.4. The van der Waals surface area contributed by atoms with E-state index in [0.717, 1.165) is 30.4 Å². The molecule has 0 aromatic heterocycles. The summed E-state index contributed by atoms with van der Waals surface area (Å²) in [6.45, 7) is 6.68. The second-order valence-electron chi connectivity index (χ2n) is 12.3. The van der Waals surface area contributed by atoms with Gasteiger partial charge in [0.1, 0.15) is 11.5 Å². The Hall–Kier alpha value is -2.29. The monoisotopic (exact) mass is 548 g/mol. The van der Waals surface area contributed by atoms with Crippen LogP contribution in [0.15, 0.2) is 48.5 Å². The molecule has 1 fully saturated rings. The Labute approximate surface area is 245 Å². The van der Waals surface area contributed by atoms with Crippen molar-refractivity contribution in [1.29, 1.82) is 0 Å². The van der Waals surface area contributed by atoms with Gasteiger partial charge in [-0.2, -0.15) is 0 Å². The second-order valence-corrected chi connectivity index (χ2v) is 12.3. The normalized spacial score (nSPS) is 17.9. The summed E-state index contributed by atoms with van der Waals surface area (Å²) in [5.74, 6) is 2.93. The summed E-state index contributed by atoms with van der Waals surface area (Å²) in [7, 11) is 0. The molecular weight excluding hydrogens is 492 g/mol. The first-order valence-electron chi connectivity index (χ1n) is 16.6. The molecule has 3 heteroatoms. The van der Waals surface area contributed by atoms with E-state index in [2.05, 4.69) is 32.9 Å². The zero-order valence-electron chi connectivity index (χ0n) is 25.8. The van der Waals surface area contributed by atoms with Crippen LogP contribution in [0.1, 0.15) is 146 Å². The largest absolute Gasteiger partial charge is 0.491 e. The zero-order chi connectivity index (χ0) is 28.4. The molecule has 2 aromatic carbocycles. The maximum atomic E-state index is 12.7. The van der Waals surface area contributed by atoms with Crippen LogP contribution >= 0.6 is 0 Å². The topological polar surface area (TPSA) is 35.5 Å². The lowest BCUT2D eigenvalue weighted by Gasteiger charge is -2.28. The molecule has 1 aliphatic rings. The third kappa shape index (κ3) is 12.5. The number of ether oxygens (including phenoxy) is 2. The fourth-order valence-corrected chi connectivity index (χ4v) is 6.10. The van der Waals surface area contributed by atoms with Gasteiger partial charge in [-0.3, -0.25) is 0 Å². The summed E-state index contributed by atoms with van der Waals surface area (Å²) in [5.41, 5.74) is 1.87. The van der Waals surface area contributed by atoms with Crippen LogP contribution in [-0.2, 0) is 6.42 Å². The minimum atomic E-state index is -0.328. The van der Waals surface area contributed by atoms with Gasteiger partial charge >= 0.3 is 5.97 Å². The highest BCUT2D eigenvalue weighted by molar-refractivity contribution is 5.91. The number of hydrogen-bond donors (Lipinski definition) is 0. The standard InChI is InChI=1S/C37H56O3/c1-4-6-8-9-10-11-13-14-30(3)39-35-28-24-34(25-29-35)37(38)40-36-26-22-33(23-27-36)21-20-32-18-16-31(17-19-32)15-12-7-5-2/h22-32H,4-21H2,1-3H3. The van der Waals surface area contributed by atoms with Gasteiger partial charge < -0.3 is 9.47 Å². The van der Waals surface area contributed by atoms with Gasteiger partial charge in [0.15, 0.2) is 0 Å². The lowest BCUT2D eigenvalue weighted by Crippen LogP contribution is -2.15. The van der Waals surface area contributed by atoms with Crippen LogP contribution in [0.2, 0.25) is 0 Å². The van der Waals surface area contributed by atoms with Crippen molar-refractivity contribution in [1.82, 2.24) is 0 Å². The van der Waals surface area contributed by atoms with Crippen LogP contribution in [-0.4, -0.2) is 12.1 Å². The van der Waals surface area contributed by atoms with Gasteiger partial charge in [0, 0.05) is 0 Å². The van der Waals surface area contributed by atoms with E-state index in [9.17, 15) is 4.79 Å². The Balaban J connectivity index is 1.32. The van der Waals surface area contributed by atoms with Crippen molar-refractivity contribution in [2.24, 2.45) is 11.8 Å². The van der Waals surface area contributed by atoms with Crippen molar-refractivity contribution < 1.29 is 14.3 Å². The first-order valence-corrected chi connectivity index (χ1v) is 16.6.